The van der Waals surface area contributed by atoms with Crippen LogP contribution in [0.5, 0.6) is 5.75 Å². The lowest BCUT2D eigenvalue weighted by Crippen LogP contribution is -2.07. The summed E-state index contributed by atoms with van der Waals surface area (Å²) < 4.78 is 3.34. The van der Waals surface area contributed by atoms with Crippen LogP contribution in [0.3, 0.4) is 0 Å². The molecule has 22 heavy (non-hydrogen) atoms. The van der Waals surface area contributed by atoms with E-state index in [1.807, 2.05) is 26.8 Å². The molecule has 0 bridgehead atoms. The number of rotatable bonds is 3. The molecule has 7 heteroatoms. The SMILES string of the molecule is Cc1cc(C)n(-c2nnc(C)n2/N=C/c2ccc(O)cc2)n1. The zero-order chi connectivity index (χ0) is 15.7. The summed E-state index contributed by atoms with van der Waals surface area (Å²) in [5, 5.41) is 26.3. The zero-order valence-electron chi connectivity index (χ0n) is 12.6. The molecule has 112 valence electrons. The number of hydrogen-bond donors (Lipinski definition) is 1. The van der Waals surface area contributed by atoms with Gasteiger partial charge in [0.1, 0.15) is 5.75 Å². The van der Waals surface area contributed by atoms with E-state index in [9.17, 15) is 5.11 Å². The van der Waals surface area contributed by atoms with Crippen molar-refractivity contribution < 1.29 is 5.11 Å². The summed E-state index contributed by atoms with van der Waals surface area (Å²) in [4.78, 5) is 0. The molecule has 0 atom stereocenters. The molecule has 2 heterocycles. The first kappa shape index (κ1) is 14.0. The molecular formula is C15H16N6O. The Morgan fingerprint density at radius 3 is 2.45 bits per heavy atom. The molecule has 0 aliphatic carbocycles. The van der Waals surface area contributed by atoms with Crippen LogP contribution >= 0.6 is 0 Å². The van der Waals surface area contributed by atoms with Crippen molar-refractivity contribution in [3.8, 4) is 11.7 Å². The minimum absolute atomic E-state index is 0.223. The second-order valence-electron chi connectivity index (χ2n) is 5.03. The number of phenols is 1. The number of aryl methyl sites for hydroxylation is 3. The first-order chi connectivity index (χ1) is 10.5. The minimum atomic E-state index is 0.223. The van der Waals surface area contributed by atoms with Crippen molar-refractivity contribution in [2.24, 2.45) is 5.10 Å². The third-order valence-corrected chi connectivity index (χ3v) is 3.19. The van der Waals surface area contributed by atoms with Crippen LogP contribution in [0.4, 0.5) is 0 Å². The molecule has 1 aromatic carbocycles. The Balaban J connectivity index is 1.99. The largest absolute Gasteiger partial charge is 0.508 e. The van der Waals surface area contributed by atoms with Crippen LogP contribution in [0.15, 0.2) is 35.4 Å². The van der Waals surface area contributed by atoms with E-state index in [4.69, 9.17) is 0 Å². The van der Waals surface area contributed by atoms with Gasteiger partial charge in [-0.15, -0.1) is 10.2 Å². The number of aromatic hydroxyl groups is 1. The first-order valence-electron chi connectivity index (χ1n) is 6.83. The summed E-state index contributed by atoms with van der Waals surface area (Å²) in [6.45, 7) is 5.71. The predicted octanol–water partition coefficient (Wildman–Crippen LogP) is 1.98. The number of phenolic OH excluding ortho intramolecular Hbond substituents is 1. The van der Waals surface area contributed by atoms with Gasteiger partial charge in [0.2, 0.25) is 0 Å². The summed E-state index contributed by atoms with van der Waals surface area (Å²) in [5.41, 5.74) is 2.74. The van der Waals surface area contributed by atoms with E-state index in [-0.39, 0.29) is 5.75 Å². The molecule has 3 aromatic rings. The Labute approximate surface area is 127 Å². The minimum Gasteiger partial charge on any atom is -0.508 e. The molecule has 0 aliphatic rings. The normalized spacial score (nSPS) is 11.4. The maximum absolute atomic E-state index is 9.30. The van der Waals surface area contributed by atoms with E-state index in [2.05, 4.69) is 20.4 Å². The van der Waals surface area contributed by atoms with Gasteiger partial charge in [-0.1, -0.05) is 0 Å². The predicted molar refractivity (Wildman–Crippen MR) is 82.5 cm³/mol. The Kier molecular flexibility index (Phi) is 3.46. The van der Waals surface area contributed by atoms with E-state index < -0.39 is 0 Å². The number of nitrogens with zero attached hydrogens (tertiary/aromatic N) is 6. The Morgan fingerprint density at radius 1 is 1.09 bits per heavy atom. The molecule has 2 aromatic heterocycles. The van der Waals surface area contributed by atoms with Crippen molar-refractivity contribution in [1.29, 1.82) is 0 Å². The number of hydrogen-bond acceptors (Lipinski definition) is 5. The third kappa shape index (κ3) is 2.60. The average Bonchev–Trinajstić information content (AvgIpc) is 3.00. The molecule has 0 radical (unpaired) electrons. The fraction of sp³-hybridized carbons (Fsp3) is 0.200. The number of benzene rings is 1. The van der Waals surface area contributed by atoms with Crippen LogP contribution in [-0.4, -0.2) is 36.0 Å². The van der Waals surface area contributed by atoms with Crippen molar-refractivity contribution in [3.05, 3.63) is 53.1 Å². The smallest absolute Gasteiger partial charge is 0.273 e. The topological polar surface area (TPSA) is 81.1 Å². The van der Waals surface area contributed by atoms with E-state index in [0.717, 1.165) is 17.0 Å². The molecule has 1 N–H and O–H groups in total. The second-order valence-corrected chi connectivity index (χ2v) is 5.03. The number of aromatic nitrogens is 5. The van der Waals surface area contributed by atoms with Crippen LogP contribution in [0.25, 0.3) is 5.95 Å². The van der Waals surface area contributed by atoms with Crippen molar-refractivity contribution in [2.75, 3.05) is 0 Å². The highest BCUT2D eigenvalue weighted by molar-refractivity contribution is 5.79. The summed E-state index contributed by atoms with van der Waals surface area (Å²) in [6.07, 6.45) is 1.69. The Morgan fingerprint density at radius 2 is 1.82 bits per heavy atom. The standard InChI is InChI=1S/C15H16N6O/c1-10-8-11(2)20(19-10)15-18-17-12(3)21(15)16-9-13-4-6-14(22)7-5-13/h4-9,22H,1-3H3/b16-9+. The van der Waals surface area contributed by atoms with Gasteiger partial charge in [0.05, 0.1) is 11.9 Å². The van der Waals surface area contributed by atoms with Gasteiger partial charge in [-0.25, -0.2) is 4.68 Å². The van der Waals surface area contributed by atoms with E-state index in [1.165, 1.54) is 0 Å². The van der Waals surface area contributed by atoms with Crippen molar-refractivity contribution >= 4 is 6.21 Å². The summed E-state index contributed by atoms with van der Waals surface area (Å²) >= 11 is 0. The summed E-state index contributed by atoms with van der Waals surface area (Å²) in [7, 11) is 0. The van der Waals surface area contributed by atoms with Crippen LogP contribution in [0.1, 0.15) is 22.8 Å². The van der Waals surface area contributed by atoms with Crippen molar-refractivity contribution in [3.63, 3.8) is 0 Å². The van der Waals surface area contributed by atoms with Crippen LogP contribution in [-0.2, 0) is 0 Å². The Bertz CT molecular complexity index is 828. The van der Waals surface area contributed by atoms with Gasteiger partial charge in [-0.2, -0.15) is 14.9 Å². The molecule has 7 nitrogen and oxygen atoms in total. The van der Waals surface area contributed by atoms with Gasteiger partial charge in [0.25, 0.3) is 5.95 Å². The van der Waals surface area contributed by atoms with Gasteiger partial charge in [-0.05, 0) is 56.7 Å². The van der Waals surface area contributed by atoms with E-state index in [1.54, 1.807) is 39.8 Å². The van der Waals surface area contributed by atoms with Gasteiger partial charge < -0.3 is 5.11 Å². The van der Waals surface area contributed by atoms with Crippen molar-refractivity contribution in [2.45, 2.75) is 20.8 Å². The highest BCUT2D eigenvalue weighted by Gasteiger charge is 2.13. The lowest BCUT2D eigenvalue weighted by Gasteiger charge is -2.03. The average molecular weight is 296 g/mol. The lowest BCUT2D eigenvalue weighted by molar-refractivity contribution is 0.475. The fourth-order valence-corrected chi connectivity index (χ4v) is 2.13. The van der Waals surface area contributed by atoms with Gasteiger partial charge in [0, 0.05) is 5.69 Å². The van der Waals surface area contributed by atoms with Gasteiger partial charge >= 0.3 is 0 Å². The van der Waals surface area contributed by atoms with E-state index >= 15 is 0 Å². The first-order valence-corrected chi connectivity index (χ1v) is 6.83. The zero-order valence-corrected chi connectivity index (χ0v) is 12.6. The summed E-state index contributed by atoms with van der Waals surface area (Å²) in [5.74, 6) is 1.43. The van der Waals surface area contributed by atoms with Crippen LogP contribution < -0.4 is 0 Å². The maximum Gasteiger partial charge on any atom is 0.273 e. The molecule has 3 rings (SSSR count). The quantitative estimate of drug-likeness (QED) is 0.749. The highest BCUT2D eigenvalue weighted by atomic mass is 16.3. The Hall–Kier alpha value is -2.96. The van der Waals surface area contributed by atoms with E-state index in [0.29, 0.717) is 11.8 Å². The van der Waals surface area contributed by atoms with Gasteiger partial charge in [-0.3, -0.25) is 0 Å². The second kappa shape index (κ2) is 5.44. The summed E-state index contributed by atoms with van der Waals surface area (Å²) in [6, 6.07) is 8.76. The van der Waals surface area contributed by atoms with Crippen LogP contribution in [0.2, 0.25) is 0 Å². The molecule has 0 unspecified atom stereocenters. The van der Waals surface area contributed by atoms with Crippen LogP contribution in [0, 0.1) is 20.8 Å². The molecule has 0 saturated heterocycles. The molecular weight excluding hydrogens is 280 g/mol. The highest BCUT2D eigenvalue weighted by Crippen LogP contribution is 2.12. The monoisotopic (exact) mass is 296 g/mol. The third-order valence-electron chi connectivity index (χ3n) is 3.19. The van der Waals surface area contributed by atoms with Crippen molar-refractivity contribution in [1.82, 2.24) is 24.7 Å². The maximum atomic E-state index is 9.30. The molecule has 0 fully saturated rings. The lowest BCUT2D eigenvalue weighted by atomic mass is 10.2. The molecule has 0 amide bonds. The fourth-order valence-electron chi connectivity index (χ4n) is 2.13. The van der Waals surface area contributed by atoms with Gasteiger partial charge in [0.15, 0.2) is 5.82 Å². The molecule has 0 aliphatic heterocycles. The molecule has 0 saturated carbocycles. The molecule has 0 spiro atoms.